The maximum absolute atomic E-state index is 12.9. The molecule has 4 rings (SSSR count). The Labute approximate surface area is 221 Å². The standard InChI is InChI=1S/C26H19Cl2NO6S/c1-33-18-9-7-16(8-10-18)25(31)35-23-20(28)11-15(12-21(23)34-2)13-22-24(30)29(26(32)36-22)14-17-5-3-4-6-19(17)27/h3-13H,14H2,1-2H3/b22-13-. The topological polar surface area (TPSA) is 82.1 Å². The van der Waals surface area contributed by atoms with Crippen molar-refractivity contribution in [3.63, 3.8) is 0 Å². The van der Waals surface area contributed by atoms with E-state index in [1.165, 1.54) is 26.4 Å². The van der Waals surface area contributed by atoms with Crippen LogP contribution in [0.1, 0.15) is 21.5 Å². The Morgan fingerprint density at radius 3 is 2.36 bits per heavy atom. The lowest BCUT2D eigenvalue weighted by Gasteiger charge is -2.13. The van der Waals surface area contributed by atoms with Crippen molar-refractivity contribution in [2.75, 3.05) is 14.2 Å². The third-order valence-electron chi connectivity index (χ3n) is 5.23. The van der Waals surface area contributed by atoms with Crippen LogP contribution < -0.4 is 14.2 Å². The molecule has 10 heteroatoms. The van der Waals surface area contributed by atoms with Gasteiger partial charge in [-0.05, 0) is 71.4 Å². The van der Waals surface area contributed by atoms with E-state index < -0.39 is 17.1 Å². The molecule has 184 valence electrons. The van der Waals surface area contributed by atoms with Crippen LogP contribution in [0.3, 0.4) is 0 Å². The predicted molar refractivity (Wildman–Crippen MR) is 139 cm³/mol. The van der Waals surface area contributed by atoms with E-state index in [2.05, 4.69) is 0 Å². The number of ether oxygens (including phenoxy) is 3. The number of benzene rings is 3. The van der Waals surface area contributed by atoms with Gasteiger partial charge < -0.3 is 14.2 Å². The summed E-state index contributed by atoms with van der Waals surface area (Å²) < 4.78 is 15.9. The van der Waals surface area contributed by atoms with Crippen molar-refractivity contribution in [1.82, 2.24) is 4.90 Å². The lowest BCUT2D eigenvalue weighted by Crippen LogP contribution is -2.27. The first-order valence-corrected chi connectivity index (χ1v) is 12.1. The predicted octanol–water partition coefficient (Wildman–Crippen LogP) is 6.47. The average Bonchev–Trinajstić information content (AvgIpc) is 3.13. The minimum atomic E-state index is -0.633. The van der Waals surface area contributed by atoms with Crippen LogP contribution in [0.5, 0.6) is 17.2 Å². The van der Waals surface area contributed by atoms with Crippen LogP contribution in [0.15, 0.2) is 65.6 Å². The fraction of sp³-hybridized carbons (Fsp3) is 0.115. The van der Waals surface area contributed by atoms with Crippen molar-refractivity contribution in [2.24, 2.45) is 0 Å². The molecule has 1 aliphatic heterocycles. The second kappa shape index (κ2) is 11.1. The van der Waals surface area contributed by atoms with Crippen LogP contribution in [-0.2, 0) is 11.3 Å². The molecule has 7 nitrogen and oxygen atoms in total. The van der Waals surface area contributed by atoms with Crippen LogP contribution in [0.25, 0.3) is 6.08 Å². The molecule has 0 atom stereocenters. The molecule has 2 amide bonds. The number of hydrogen-bond acceptors (Lipinski definition) is 7. The summed E-state index contributed by atoms with van der Waals surface area (Å²) in [6.07, 6.45) is 1.53. The number of carbonyl (C=O) groups excluding carboxylic acids is 3. The molecule has 3 aromatic carbocycles. The van der Waals surface area contributed by atoms with Gasteiger partial charge in [0.1, 0.15) is 5.75 Å². The third-order valence-corrected chi connectivity index (χ3v) is 6.79. The van der Waals surface area contributed by atoms with E-state index in [0.29, 0.717) is 27.5 Å². The van der Waals surface area contributed by atoms with Gasteiger partial charge in [0, 0.05) is 5.02 Å². The summed E-state index contributed by atoms with van der Waals surface area (Å²) in [4.78, 5) is 39.4. The Kier molecular flexibility index (Phi) is 7.88. The van der Waals surface area contributed by atoms with Gasteiger partial charge >= 0.3 is 5.97 Å². The maximum Gasteiger partial charge on any atom is 0.343 e. The van der Waals surface area contributed by atoms with Crippen molar-refractivity contribution < 1.29 is 28.6 Å². The molecule has 0 aliphatic carbocycles. The van der Waals surface area contributed by atoms with Crippen molar-refractivity contribution in [3.05, 3.63) is 92.3 Å². The van der Waals surface area contributed by atoms with Crippen LogP contribution in [-0.4, -0.2) is 36.2 Å². The Bertz CT molecular complexity index is 1370. The number of hydrogen-bond donors (Lipinski definition) is 0. The molecule has 0 radical (unpaired) electrons. The number of methoxy groups -OCH3 is 2. The van der Waals surface area contributed by atoms with E-state index in [1.54, 1.807) is 54.6 Å². The summed E-state index contributed by atoms with van der Waals surface area (Å²) >= 11 is 13.4. The van der Waals surface area contributed by atoms with Gasteiger partial charge in [-0.15, -0.1) is 0 Å². The summed E-state index contributed by atoms with van der Waals surface area (Å²) in [7, 11) is 2.93. The van der Waals surface area contributed by atoms with Crippen molar-refractivity contribution in [3.8, 4) is 17.2 Å². The first-order chi connectivity index (χ1) is 17.3. The van der Waals surface area contributed by atoms with Gasteiger partial charge in [-0.3, -0.25) is 14.5 Å². The van der Waals surface area contributed by atoms with E-state index in [-0.39, 0.29) is 28.0 Å². The molecule has 0 unspecified atom stereocenters. The first kappa shape index (κ1) is 25.6. The number of nitrogens with zero attached hydrogens (tertiary/aromatic N) is 1. The number of rotatable bonds is 7. The maximum atomic E-state index is 12.9. The second-order valence-corrected chi connectivity index (χ2v) is 9.32. The molecule has 0 saturated carbocycles. The average molecular weight is 544 g/mol. The Hall–Kier alpha value is -3.46. The Balaban J connectivity index is 1.55. The lowest BCUT2D eigenvalue weighted by atomic mass is 10.1. The van der Waals surface area contributed by atoms with Gasteiger partial charge in [0.2, 0.25) is 0 Å². The minimum absolute atomic E-state index is 0.0314. The quantitative estimate of drug-likeness (QED) is 0.192. The molecule has 3 aromatic rings. The number of thioether (sulfide) groups is 1. The molecule has 0 aromatic heterocycles. The van der Waals surface area contributed by atoms with Gasteiger partial charge in [-0.1, -0.05) is 41.4 Å². The highest BCUT2D eigenvalue weighted by atomic mass is 35.5. The minimum Gasteiger partial charge on any atom is -0.497 e. The van der Waals surface area contributed by atoms with Gasteiger partial charge in [0.05, 0.1) is 36.3 Å². The normalized spacial score (nSPS) is 14.3. The zero-order valence-corrected chi connectivity index (χ0v) is 21.4. The lowest BCUT2D eigenvalue weighted by molar-refractivity contribution is -0.123. The smallest absolute Gasteiger partial charge is 0.343 e. The largest absolute Gasteiger partial charge is 0.497 e. The third kappa shape index (κ3) is 5.51. The number of esters is 1. The van der Waals surface area contributed by atoms with Crippen LogP contribution >= 0.6 is 35.0 Å². The van der Waals surface area contributed by atoms with Crippen LogP contribution in [0, 0.1) is 0 Å². The van der Waals surface area contributed by atoms with Crippen LogP contribution in [0.2, 0.25) is 10.0 Å². The molecular formula is C26H19Cl2NO6S. The molecule has 0 N–H and O–H groups in total. The van der Waals surface area contributed by atoms with Crippen molar-refractivity contribution in [1.29, 1.82) is 0 Å². The molecule has 1 heterocycles. The molecular weight excluding hydrogens is 525 g/mol. The van der Waals surface area contributed by atoms with Crippen LogP contribution in [0.4, 0.5) is 4.79 Å². The molecule has 0 bridgehead atoms. The van der Waals surface area contributed by atoms with Gasteiger partial charge in [-0.2, -0.15) is 0 Å². The molecule has 0 spiro atoms. The Morgan fingerprint density at radius 2 is 1.69 bits per heavy atom. The SMILES string of the molecule is COc1ccc(C(=O)Oc2c(Cl)cc(/C=C3\SC(=O)N(Cc4ccccc4Cl)C3=O)cc2OC)cc1. The number of halogens is 2. The van der Waals surface area contributed by atoms with E-state index in [9.17, 15) is 14.4 Å². The van der Waals surface area contributed by atoms with E-state index >= 15 is 0 Å². The summed E-state index contributed by atoms with van der Waals surface area (Å²) in [5.41, 5.74) is 1.45. The molecule has 36 heavy (non-hydrogen) atoms. The number of carbonyl (C=O) groups is 3. The highest BCUT2D eigenvalue weighted by molar-refractivity contribution is 8.18. The van der Waals surface area contributed by atoms with E-state index in [0.717, 1.165) is 16.7 Å². The summed E-state index contributed by atoms with van der Waals surface area (Å²) in [6.45, 7) is 0.0615. The summed E-state index contributed by atoms with van der Waals surface area (Å²) in [5, 5.41) is 0.156. The second-order valence-electron chi connectivity index (χ2n) is 7.51. The summed E-state index contributed by atoms with van der Waals surface area (Å²) in [5.74, 6) is -0.265. The first-order valence-electron chi connectivity index (χ1n) is 10.5. The molecule has 1 saturated heterocycles. The number of imide groups is 1. The Morgan fingerprint density at radius 1 is 0.972 bits per heavy atom. The monoisotopic (exact) mass is 543 g/mol. The zero-order valence-electron chi connectivity index (χ0n) is 19.1. The fourth-order valence-electron chi connectivity index (χ4n) is 3.39. The van der Waals surface area contributed by atoms with E-state index in [1.807, 2.05) is 0 Å². The van der Waals surface area contributed by atoms with Crippen molar-refractivity contribution >= 4 is 58.2 Å². The summed E-state index contributed by atoms with van der Waals surface area (Å²) in [6, 6.07) is 16.5. The van der Waals surface area contributed by atoms with Gasteiger partial charge in [0.25, 0.3) is 11.1 Å². The highest BCUT2D eigenvalue weighted by Crippen LogP contribution is 2.40. The molecule has 1 fully saturated rings. The van der Waals surface area contributed by atoms with Gasteiger partial charge in [0.15, 0.2) is 11.5 Å². The molecule has 1 aliphatic rings. The number of amides is 2. The zero-order chi connectivity index (χ0) is 25.8. The van der Waals surface area contributed by atoms with Gasteiger partial charge in [-0.25, -0.2) is 4.79 Å². The van der Waals surface area contributed by atoms with Crippen molar-refractivity contribution in [2.45, 2.75) is 6.54 Å². The van der Waals surface area contributed by atoms with E-state index in [4.69, 9.17) is 37.4 Å². The highest BCUT2D eigenvalue weighted by Gasteiger charge is 2.35. The fourth-order valence-corrected chi connectivity index (χ4v) is 4.68.